The Morgan fingerprint density at radius 1 is 1.22 bits per heavy atom. The maximum atomic E-state index is 2.21. The summed E-state index contributed by atoms with van der Waals surface area (Å²) in [5, 5.41) is 0. The molecule has 0 atom stereocenters. The third kappa shape index (κ3) is 1.92. The minimum Gasteiger partial charge on any atom is -0.0878 e. The van der Waals surface area contributed by atoms with Crippen LogP contribution in [-0.2, 0) is 0 Å². The molecule has 0 aliphatic rings. The highest BCUT2D eigenvalue weighted by molar-refractivity contribution is 6.53. The summed E-state index contributed by atoms with van der Waals surface area (Å²) in [6.45, 7) is 2.15. The minimum absolute atomic E-state index is 1.12. The first-order chi connectivity index (χ1) is 4.43. The fraction of sp³-hybridized carbons (Fsp3) is 0.250. The molecule has 0 saturated carbocycles. The molecule has 0 nitrogen and oxygen atoms in total. The summed E-state index contributed by atoms with van der Waals surface area (Å²) in [6, 6.07) is 10.4. The van der Waals surface area contributed by atoms with E-state index < -0.39 is 0 Å². The van der Waals surface area contributed by atoms with Crippen LogP contribution in [0.1, 0.15) is 6.92 Å². The Kier molecular flexibility index (Phi) is 2.38. The highest BCUT2D eigenvalue weighted by Gasteiger charge is 1.87. The average Bonchev–Trinajstić information content (AvgIpc) is 1.91. The van der Waals surface area contributed by atoms with E-state index in [1.54, 1.807) is 0 Å². The van der Waals surface area contributed by atoms with Gasteiger partial charge in [-0.3, -0.25) is 0 Å². The van der Waals surface area contributed by atoms with Gasteiger partial charge in [-0.25, -0.2) is 0 Å². The Morgan fingerprint density at radius 3 is 2.44 bits per heavy atom. The number of hydrogen-bond donors (Lipinski definition) is 0. The van der Waals surface area contributed by atoms with Crippen molar-refractivity contribution in [3.05, 3.63) is 30.3 Å². The third-order valence-corrected chi connectivity index (χ3v) is 1.24. The normalized spacial score (nSPS) is 9.00. The van der Waals surface area contributed by atoms with Gasteiger partial charge in [0.05, 0.1) is 0 Å². The standard InChI is InChI=1S/C8H10B/c1-2-9-8-6-4-3-5-7-8/h3-7H,2H2,1H3. The van der Waals surface area contributed by atoms with E-state index in [0.29, 0.717) is 0 Å². The number of rotatable bonds is 2. The second-order valence-corrected chi connectivity index (χ2v) is 2.02. The maximum absolute atomic E-state index is 2.21. The summed E-state index contributed by atoms with van der Waals surface area (Å²) in [4.78, 5) is 0. The van der Waals surface area contributed by atoms with Gasteiger partial charge in [0, 0.05) is 0 Å². The molecule has 1 rings (SSSR count). The molecule has 0 aliphatic heterocycles. The molecule has 0 heterocycles. The van der Waals surface area contributed by atoms with Gasteiger partial charge in [-0.1, -0.05) is 49.0 Å². The molecular formula is C8H10B. The first-order valence-corrected chi connectivity index (χ1v) is 3.31. The Balaban J connectivity index is 2.61. The van der Waals surface area contributed by atoms with Crippen molar-refractivity contribution in [2.45, 2.75) is 13.2 Å². The van der Waals surface area contributed by atoms with E-state index in [1.165, 1.54) is 5.46 Å². The zero-order valence-electron chi connectivity index (χ0n) is 5.67. The van der Waals surface area contributed by atoms with Gasteiger partial charge in [-0.2, -0.15) is 0 Å². The Morgan fingerprint density at radius 2 is 1.89 bits per heavy atom. The lowest BCUT2D eigenvalue weighted by molar-refractivity contribution is 1.46. The predicted molar refractivity (Wildman–Crippen MR) is 42.3 cm³/mol. The Labute approximate surface area is 57.1 Å². The first kappa shape index (κ1) is 6.41. The van der Waals surface area contributed by atoms with Gasteiger partial charge < -0.3 is 0 Å². The summed E-state index contributed by atoms with van der Waals surface area (Å²) in [5.74, 6) is 0. The van der Waals surface area contributed by atoms with Crippen molar-refractivity contribution in [3.63, 3.8) is 0 Å². The minimum atomic E-state index is 1.12. The Bertz CT molecular complexity index is 157. The summed E-state index contributed by atoms with van der Waals surface area (Å²) in [5.41, 5.74) is 1.32. The quantitative estimate of drug-likeness (QED) is 0.514. The lowest BCUT2D eigenvalue weighted by atomic mass is 9.68. The van der Waals surface area contributed by atoms with Gasteiger partial charge >= 0.3 is 0 Å². The largest absolute Gasteiger partial charge is 0.151 e. The van der Waals surface area contributed by atoms with Crippen LogP contribution in [0.15, 0.2) is 30.3 Å². The summed E-state index contributed by atoms with van der Waals surface area (Å²) >= 11 is 0. The maximum Gasteiger partial charge on any atom is 0.151 e. The van der Waals surface area contributed by atoms with Gasteiger partial charge in [-0.05, 0) is 0 Å². The van der Waals surface area contributed by atoms with Crippen LogP contribution in [0.4, 0.5) is 0 Å². The van der Waals surface area contributed by atoms with E-state index in [1.807, 2.05) is 6.07 Å². The fourth-order valence-electron chi connectivity index (χ4n) is 0.825. The van der Waals surface area contributed by atoms with Crippen LogP contribution in [-0.4, -0.2) is 7.28 Å². The van der Waals surface area contributed by atoms with E-state index in [2.05, 4.69) is 38.5 Å². The zero-order valence-corrected chi connectivity index (χ0v) is 5.67. The molecule has 0 aliphatic carbocycles. The molecule has 0 spiro atoms. The molecule has 1 radical (unpaired) electrons. The second kappa shape index (κ2) is 3.34. The van der Waals surface area contributed by atoms with E-state index in [9.17, 15) is 0 Å². The molecule has 0 saturated heterocycles. The molecular weight excluding hydrogens is 107 g/mol. The van der Waals surface area contributed by atoms with Crippen molar-refractivity contribution in [2.24, 2.45) is 0 Å². The number of benzene rings is 1. The smallest absolute Gasteiger partial charge is 0.0878 e. The van der Waals surface area contributed by atoms with Gasteiger partial charge in [0.2, 0.25) is 0 Å². The molecule has 0 amide bonds. The van der Waals surface area contributed by atoms with Crippen LogP contribution in [0.5, 0.6) is 0 Å². The van der Waals surface area contributed by atoms with E-state index in [4.69, 9.17) is 0 Å². The molecule has 1 aromatic rings. The third-order valence-electron chi connectivity index (χ3n) is 1.24. The highest BCUT2D eigenvalue weighted by Crippen LogP contribution is 1.82. The molecule has 1 heteroatoms. The predicted octanol–water partition coefficient (Wildman–Crippen LogP) is 1.45. The van der Waals surface area contributed by atoms with E-state index in [-0.39, 0.29) is 0 Å². The van der Waals surface area contributed by atoms with Crippen LogP contribution < -0.4 is 5.46 Å². The van der Waals surface area contributed by atoms with E-state index >= 15 is 0 Å². The van der Waals surface area contributed by atoms with Gasteiger partial charge in [0.25, 0.3) is 0 Å². The summed E-state index contributed by atoms with van der Waals surface area (Å²) in [7, 11) is 2.21. The lowest BCUT2D eigenvalue weighted by Gasteiger charge is -1.92. The molecule has 0 N–H and O–H groups in total. The van der Waals surface area contributed by atoms with Gasteiger partial charge in [0.1, 0.15) is 0 Å². The molecule has 0 bridgehead atoms. The molecule has 1 aromatic carbocycles. The molecule has 0 fully saturated rings. The van der Waals surface area contributed by atoms with Gasteiger partial charge in [-0.15, -0.1) is 0 Å². The SMILES string of the molecule is CC[B]c1ccccc1. The molecule has 9 heavy (non-hydrogen) atoms. The molecule has 0 aromatic heterocycles. The van der Waals surface area contributed by atoms with Crippen molar-refractivity contribution >= 4 is 12.7 Å². The van der Waals surface area contributed by atoms with E-state index in [0.717, 1.165) is 6.32 Å². The molecule has 0 unspecified atom stereocenters. The van der Waals surface area contributed by atoms with Gasteiger partial charge in [0.15, 0.2) is 7.28 Å². The second-order valence-electron chi connectivity index (χ2n) is 2.02. The van der Waals surface area contributed by atoms with Crippen LogP contribution in [0.25, 0.3) is 0 Å². The van der Waals surface area contributed by atoms with Crippen LogP contribution >= 0.6 is 0 Å². The fourth-order valence-corrected chi connectivity index (χ4v) is 0.825. The average molecular weight is 117 g/mol. The summed E-state index contributed by atoms with van der Waals surface area (Å²) in [6.07, 6.45) is 1.12. The van der Waals surface area contributed by atoms with Crippen LogP contribution in [0.3, 0.4) is 0 Å². The summed E-state index contributed by atoms with van der Waals surface area (Å²) < 4.78 is 0. The van der Waals surface area contributed by atoms with Crippen molar-refractivity contribution < 1.29 is 0 Å². The lowest BCUT2D eigenvalue weighted by Crippen LogP contribution is -2.10. The van der Waals surface area contributed by atoms with Crippen molar-refractivity contribution in [3.8, 4) is 0 Å². The monoisotopic (exact) mass is 117 g/mol. The molecule has 45 valence electrons. The highest BCUT2D eigenvalue weighted by atomic mass is 13.8. The van der Waals surface area contributed by atoms with Crippen molar-refractivity contribution in [1.29, 1.82) is 0 Å². The Hall–Kier alpha value is -0.715. The van der Waals surface area contributed by atoms with Crippen molar-refractivity contribution in [1.82, 2.24) is 0 Å². The van der Waals surface area contributed by atoms with Crippen molar-refractivity contribution in [2.75, 3.05) is 0 Å². The van der Waals surface area contributed by atoms with Crippen LogP contribution in [0, 0.1) is 0 Å². The topological polar surface area (TPSA) is 0 Å². The zero-order chi connectivity index (χ0) is 6.53. The van der Waals surface area contributed by atoms with Crippen LogP contribution in [0.2, 0.25) is 6.32 Å². The first-order valence-electron chi connectivity index (χ1n) is 3.31. The number of hydrogen-bond acceptors (Lipinski definition) is 0.